The minimum Gasteiger partial charge on any atom is -0.318 e. The van der Waals surface area contributed by atoms with Gasteiger partial charge in [0.15, 0.2) is 0 Å². The second-order valence-electron chi connectivity index (χ2n) is 2.81. The minimum absolute atomic E-state index is 0.0693. The van der Waals surface area contributed by atoms with Crippen molar-refractivity contribution in [3.63, 3.8) is 0 Å². The number of H-pyrrole nitrogens is 1. The van der Waals surface area contributed by atoms with Crippen LogP contribution in [0.3, 0.4) is 0 Å². The smallest absolute Gasteiger partial charge is 0.297 e. The summed E-state index contributed by atoms with van der Waals surface area (Å²) in [6.45, 7) is 0. The van der Waals surface area contributed by atoms with Gasteiger partial charge >= 0.3 is 0 Å². The molecule has 0 aliphatic heterocycles. The number of hydrogen-bond acceptors (Lipinski definition) is 4. The first-order valence-electron chi connectivity index (χ1n) is 4.16. The van der Waals surface area contributed by atoms with Gasteiger partial charge in [-0.15, -0.1) is 10.2 Å². The first-order chi connectivity index (χ1) is 7.66. The van der Waals surface area contributed by atoms with Gasteiger partial charge in [-0.2, -0.15) is 5.21 Å². The van der Waals surface area contributed by atoms with Crippen LogP contribution in [-0.2, 0) is 0 Å². The molecule has 0 atom stereocenters. The van der Waals surface area contributed by atoms with Crippen LogP contribution in [0.2, 0.25) is 0 Å². The molecule has 2 N–H and O–H groups in total. The van der Waals surface area contributed by atoms with E-state index in [1.54, 1.807) is 0 Å². The van der Waals surface area contributed by atoms with Gasteiger partial charge in [0.1, 0.15) is 5.82 Å². The van der Waals surface area contributed by atoms with Crippen molar-refractivity contribution in [2.24, 2.45) is 0 Å². The number of halogens is 2. The number of amides is 1. The molecule has 0 fully saturated rings. The molecule has 82 valence electrons. The Morgan fingerprint density at radius 3 is 2.94 bits per heavy atom. The summed E-state index contributed by atoms with van der Waals surface area (Å²) in [7, 11) is 0. The van der Waals surface area contributed by atoms with E-state index >= 15 is 0 Å². The van der Waals surface area contributed by atoms with Crippen LogP contribution in [0.4, 0.5) is 10.1 Å². The Kier molecular flexibility index (Phi) is 3.08. The van der Waals surface area contributed by atoms with Gasteiger partial charge in [-0.05, 0) is 46.0 Å². The number of carbonyl (C=O) groups excluding carboxylic acids is 1. The lowest BCUT2D eigenvalue weighted by Gasteiger charge is -2.04. The molecule has 2 rings (SSSR count). The second kappa shape index (κ2) is 4.51. The van der Waals surface area contributed by atoms with E-state index in [9.17, 15) is 9.18 Å². The SMILES string of the molecule is O=C(Nc1ccc(F)cc1I)c1nn[nH]n1. The zero-order valence-corrected chi connectivity index (χ0v) is 9.90. The van der Waals surface area contributed by atoms with E-state index in [-0.39, 0.29) is 11.6 Å². The van der Waals surface area contributed by atoms with Gasteiger partial charge in [-0.1, -0.05) is 0 Å². The third kappa shape index (κ3) is 2.32. The van der Waals surface area contributed by atoms with E-state index < -0.39 is 5.91 Å². The summed E-state index contributed by atoms with van der Waals surface area (Å²) in [6.07, 6.45) is 0. The molecule has 1 aromatic heterocycles. The van der Waals surface area contributed by atoms with Crippen molar-refractivity contribution in [3.05, 3.63) is 33.4 Å². The maximum absolute atomic E-state index is 12.8. The Balaban J connectivity index is 2.18. The van der Waals surface area contributed by atoms with E-state index in [0.717, 1.165) is 0 Å². The molecule has 0 spiro atoms. The molecule has 6 nitrogen and oxygen atoms in total. The highest BCUT2D eigenvalue weighted by Gasteiger charge is 2.12. The summed E-state index contributed by atoms with van der Waals surface area (Å²) in [6, 6.07) is 4.04. The molecular weight excluding hydrogens is 328 g/mol. The Bertz CT molecular complexity index is 515. The van der Waals surface area contributed by atoms with Gasteiger partial charge in [0.05, 0.1) is 5.69 Å². The van der Waals surface area contributed by atoms with Crippen molar-refractivity contribution in [3.8, 4) is 0 Å². The predicted molar refractivity (Wildman–Crippen MR) is 61.2 cm³/mol. The monoisotopic (exact) mass is 333 g/mol. The van der Waals surface area contributed by atoms with E-state index in [1.807, 2.05) is 22.6 Å². The van der Waals surface area contributed by atoms with Crippen molar-refractivity contribution in [1.82, 2.24) is 20.6 Å². The molecule has 16 heavy (non-hydrogen) atoms. The van der Waals surface area contributed by atoms with Crippen molar-refractivity contribution in [2.45, 2.75) is 0 Å². The normalized spacial score (nSPS) is 10.1. The van der Waals surface area contributed by atoms with Crippen molar-refractivity contribution in [2.75, 3.05) is 5.32 Å². The molecule has 0 saturated heterocycles. The third-order valence-electron chi connectivity index (χ3n) is 1.73. The maximum atomic E-state index is 12.8. The Labute approximate surface area is 103 Å². The van der Waals surface area contributed by atoms with Gasteiger partial charge in [0, 0.05) is 3.57 Å². The van der Waals surface area contributed by atoms with Crippen molar-refractivity contribution >= 4 is 34.2 Å². The third-order valence-corrected chi connectivity index (χ3v) is 2.62. The van der Waals surface area contributed by atoms with Gasteiger partial charge in [0.2, 0.25) is 0 Å². The number of benzene rings is 1. The van der Waals surface area contributed by atoms with Gasteiger partial charge in [-0.3, -0.25) is 4.79 Å². The summed E-state index contributed by atoms with van der Waals surface area (Å²) in [5.41, 5.74) is 0.497. The lowest BCUT2D eigenvalue weighted by atomic mass is 10.3. The first kappa shape index (κ1) is 10.9. The van der Waals surface area contributed by atoms with Crippen LogP contribution < -0.4 is 5.32 Å². The lowest BCUT2D eigenvalue weighted by molar-refractivity contribution is 0.101. The van der Waals surface area contributed by atoms with Crippen LogP contribution in [0, 0.1) is 9.39 Å². The number of rotatable bonds is 2. The summed E-state index contributed by atoms with van der Waals surface area (Å²) < 4.78 is 13.4. The highest BCUT2D eigenvalue weighted by atomic mass is 127. The van der Waals surface area contributed by atoms with E-state index in [0.29, 0.717) is 9.26 Å². The fourth-order valence-corrected chi connectivity index (χ4v) is 1.64. The number of aromatic amines is 1. The number of hydrogen-bond donors (Lipinski definition) is 2. The van der Waals surface area contributed by atoms with Gasteiger partial charge in [-0.25, -0.2) is 4.39 Å². The number of aromatic nitrogens is 4. The number of carbonyl (C=O) groups is 1. The zero-order valence-electron chi connectivity index (χ0n) is 7.74. The van der Waals surface area contributed by atoms with Crippen LogP contribution in [0.1, 0.15) is 10.6 Å². The summed E-state index contributed by atoms with van der Waals surface area (Å²) in [5.74, 6) is -0.930. The number of nitrogens with one attached hydrogen (secondary N) is 2. The Hall–Kier alpha value is -1.58. The summed E-state index contributed by atoms with van der Waals surface area (Å²) >= 11 is 1.92. The van der Waals surface area contributed by atoms with E-state index in [2.05, 4.69) is 25.9 Å². The van der Waals surface area contributed by atoms with Crippen LogP contribution >= 0.6 is 22.6 Å². The van der Waals surface area contributed by atoms with Crippen molar-refractivity contribution < 1.29 is 9.18 Å². The molecule has 0 radical (unpaired) electrons. The van der Waals surface area contributed by atoms with Crippen molar-refractivity contribution in [1.29, 1.82) is 0 Å². The molecule has 0 bridgehead atoms. The largest absolute Gasteiger partial charge is 0.318 e. The first-order valence-corrected chi connectivity index (χ1v) is 5.24. The fourth-order valence-electron chi connectivity index (χ4n) is 1.03. The molecule has 0 aliphatic rings. The number of nitrogens with zero attached hydrogens (tertiary/aromatic N) is 3. The topological polar surface area (TPSA) is 83.6 Å². The quantitative estimate of drug-likeness (QED) is 0.809. The molecule has 1 aromatic carbocycles. The predicted octanol–water partition coefficient (Wildman–Crippen LogP) is 1.20. The molecule has 8 heteroatoms. The van der Waals surface area contributed by atoms with Crippen LogP contribution in [0.5, 0.6) is 0 Å². The average Bonchev–Trinajstić information content (AvgIpc) is 2.75. The fraction of sp³-hybridized carbons (Fsp3) is 0. The molecule has 1 heterocycles. The Morgan fingerprint density at radius 2 is 2.31 bits per heavy atom. The molecule has 0 aliphatic carbocycles. The highest BCUT2D eigenvalue weighted by molar-refractivity contribution is 14.1. The van der Waals surface area contributed by atoms with Crippen LogP contribution in [-0.4, -0.2) is 26.5 Å². The van der Waals surface area contributed by atoms with Gasteiger partial charge < -0.3 is 5.32 Å². The molecule has 1 amide bonds. The maximum Gasteiger partial charge on any atom is 0.297 e. The van der Waals surface area contributed by atoms with Crippen LogP contribution in [0.25, 0.3) is 0 Å². The van der Waals surface area contributed by atoms with Crippen LogP contribution in [0.15, 0.2) is 18.2 Å². The molecule has 2 aromatic rings. The highest BCUT2D eigenvalue weighted by Crippen LogP contribution is 2.19. The number of tetrazole rings is 1. The minimum atomic E-state index is -0.502. The lowest BCUT2D eigenvalue weighted by Crippen LogP contribution is -2.14. The number of anilines is 1. The Morgan fingerprint density at radius 1 is 1.50 bits per heavy atom. The molecular formula is C8H5FIN5O. The average molecular weight is 333 g/mol. The standard InChI is InChI=1S/C8H5FIN5O/c9-4-1-2-6(5(10)3-4)11-8(16)7-12-14-15-13-7/h1-3H,(H,11,16)(H,12,13,14,15). The zero-order chi connectivity index (χ0) is 11.5. The second-order valence-corrected chi connectivity index (χ2v) is 3.98. The summed E-state index contributed by atoms with van der Waals surface area (Å²) in [5, 5.41) is 15.0. The van der Waals surface area contributed by atoms with E-state index in [4.69, 9.17) is 0 Å². The van der Waals surface area contributed by atoms with E-state index in [1.165, 1.54) is 18.2 Å². The molecule has 0 saturated carbocycles. The molecule has 0 unspecified atom stereocenters. The summed E-state index contributed by atoms with van der Waals surface area (Å²) in [4.78, 5) is 11.5. The van der Waals surface area contributed by atoms with Gasteiger partial charge in [0.25, 0.3) is 11.7 Å².